The molecule has 1 rings (SSSR count). The van der Waals surface area contributed by atoms with Crippen molar-refractivity contribution >= 4 is 0 Å². The Balaban J connectivity index is 2.45. The van der Waals surface area contributed by atoms with Crippen LogP contribution in [0.5, 0.6) is 0 Å². The van der Waals surface area contributed by atoms with E-state index in [0.717, 1.165) is 6.26 Å². The van der Waals surface area contributed by atoms with Gasteiger partial charge in [-0.05, 0) is 0 Å². The second kappa shape index (κ2) is 1.16. The lowest BCUT2D eigenvalue weighted by Crippen LogP contribution is -1.78. The van der Waals surface area contributed by atoms with E-state index in [-0.39, 0.29) is 6.79 Å². The maximum absolute atomic E-state index is 11.4. The van der Waals surface area contributed by atoms with E-state index in [1.54, 1.807) is 0 Å². The summed E-state index contributed by atoms with van der Waals surface area (Å²) in [5.74, 6) is 0. The molecule has 0 saturated heterocycles. The molecule has 1 heterocycles. The fraction of sp³-hybridized carbons (Fsp3) is 0.333. The summed E-state index contributed by atoms with van der Waals surface area (Å²) < 4.78 is 19.9. The smallest absolute Gasteiger partial charge is 0.311 e. The number of hydrogen-bond acceptors (Lipinski definition) is 2. The van der Waals surface area contributed by atoms with E-state index >= 15 is 0 Å². The molecule has 1 aliphatic heterocycles. The van der Waals surface area contributed by atoms with Gasteiger partial charge in [0.15, 0.2) is 6.26 Å². The normalized spacial score (nSPS) is 18.5. The van der Waals surface area contributed by atoms with Crippen LogP contribution in [-0.4, -0.2) is 6.79 Å². The van der Waals surface area contributed by atoms with Crippen LogP contribution in [0, 0.1) is 0 Å². The van der Waals surface area contributed by atoms with E-state index in [4.69, 9.17) is 0 Å². The summed E-state index contributed by atoms with van der Waals surface area (Å²) in [6.45, 7) is 0.0197. The molecule has 0 bridgehead atoms. The van der Waals surface area contributed by atoms with Crippen molar-refractivity contribution in [1.82, 2.24) is 0 Å². The van der Waals surface area contributed by atoms with Crippen LogP contribution in [0.4, 0.5) is 4.39 Å². The van der Waals surface area contributed by atoms with Crippen molar-refractivity contribution in [2.75, 3.05) is 6.79 Å². The molecule has 1 aliphatic rings. The highest BCUT2D eigenvalue weighted by atomic mass is 19.1. The van der Waals surface area contributed by atoms with Crippen LogP contribution in [-0.2, 0) is 9.47 Å². The zero-order valence-electron chi connectivity index (χ0n) is 2.98. The van der Waals surface area contributed by atoms with Gasteiger partial charge in [0.25, 0.3) is 0 Å². The van der Waals surface area contributed by atoms with Crippen LogP contribution in [0.1, 0.15) is 0 Å². The summed E-state index contributed by atoms with van der Waals surface area (Å²) in [4.78, 5) is 0. The monoisotopic (exact) mass is 90.0 g/mol. The highest BCUT2D eigenvalue weighted by Gasteiger charge is 2.00. The Hall–Kier alpha value is -0.730. The average Bonchev–Trinajstić information content (AvgIpc) is 1.86. The average molecular weight is 90.1 g/mol. The number of rotatable bonds is 0. The molecule has 3 heteroatoms. The molecule has 0 aromatic carbocycles. The summed E-state index contributed by atoms with van der Waals surface area (Å²) in [6.07, 6.45) is 0.931. The molecule has 6 heavy (non-hydrogen) atoms. The van der Waals surface area contributed by atoms with Gasteiger partial charge in [0.2, 0.25) is 6.79 Å². The molecule has 0 saturated carbocycles. The summed E-state index contributed by atoms with van der Waals surface area (Å²) in [5, 5.41) is 0. The topological polar surface area (TPSA) is 18.5 Å². The van der Waals surface area contributed by atoms with Crippen molar-refractivity contribution in [2.24, 2.45) is 0 Å². The third-order valence-corrected chi connectivity index (χ3v) is 0.441. The van der Waals surface area contributed by atoms with Gasteiger partial charge in [-0.2, -0.15) is 4.39 Å². The molecule has 0 radical (unpaired) electrons. The molecule has 34 valence electrons. The van der Waals surface area contributed by atoms with Crippen LogP contribution < -0.4 is 0 Å². The van der Waals surface area contributed by atoms with Crippen molar-refractivity contribution in [3.05, 3.63) is 12.3 Å². The minimum atomic E-state index is -0.644. The Morgan fingerprint density at radius 1 is 1.83 bits per heavy atom. The van der Waals surface area contributed by atoms with E-state index in [9.17, 15) is 4.39 Å². The van der Waals surface area contributed by atoms with Crippen LogP contribution in [0.2, 0.25) is 0 Å². The van der Waals surface area contributed by atoms with E-state index in [1.165, 1.54) is 0 Å². The Kier molecular flexibility index (Phi) is 0.670. The second-order valence-corrected chi connectivity index (χ2v) is 0.851. The third kappa shape index (κ3) is 0.429. The van der Waals surface area contributed by atoms with Gasteiger partial charge in [0.1, 0.15) is 0 Å². The number of ether oxygens (including phenoxy) is 2. The van der Waals surface area contributed by atoms with Gasteiger partial charge in [-0.1, -0.05) is 0 Å². The van der Waals surface area contributed by atoms with Crippen molar-refractivity contribution < 1.29 is 13.9 Å². The zero-order chi connectivity index (χ0) is 4.41. The fourth-order valence-electron chi connectivity index (χ4n) is 0.224. The molecule has 0 atom stereocenters. The van der Waals surface area contributed by atoms with Crippen molar-refractivity contribution in [3.63, 3.8) is 0 Å². The number of halogens is 1. The first-order valence-corrected chi connectivity index (χ1v) is 1.49. The summed E-state index contributed by atoms with van der Waals surface area (Å²) >= 11 is 0. The molecular formula is C3H3FO2. The SMILES string of the molecule is FC1=COCO1. The van der Waals surface area contributed by atoms with Gasteiger partial charge in [-0.25, -0.2) is 0 Å². The largest absolute Gasteiger partial charge is 0.459 e. The lowest BCUT2D eigenvalue weighted by molar-refractivity contribution is 0.0589. The molecule has 0 aromatic rings. The summed E-state index contributed by atoms with van der Waals surface area (Å²) in [5.41, 5.74) is 0. The minimum Gasteiger partial charge on any atom is -0.459 e. The highest BCUT2D eigenvalue weighted by molar-refractivity contribution is 4.75. The van der Waals surface area contributed by atoms with E-state index < -0.39 is 6.01 Å². The Morgan fingerprint density at radius 3 is 2.83 bits per heavy atom. The van der Waals surface area contributed by atoms with Crippen LogP contribution >= 0.6 is 0 Å². The van der Waals surface area contributed by atoms with Gasteiger partial charge in [0, 0.05) is 0 Å². The third-order valence-electron chi connectivity index (χ3n) is 0.441. The van der Waals surface area contributed by atoms with Gasteiger partial charge in [-0.15, -0.1) is 0 Å². The Bertz CT molecular complexity index is 78.9. The summed E-state index contributed by atoms with van der Waals surface area (Å²) in [7, 11) is 0. The highest BCUT2D eigenvalue weighted by Crippen LogP contribution is 2.05. The summed E-state index contributed by atoms with van der Waals surface area (Å²) in [6, 6.07) is -0.644. The molecule has 0 aromatic heterocycles. The Labute approximate surface area is 34.2 Å². The lowest BCUT2D eigenvalue weighted by atomic mass is 11.0. The van der Waals surface area contributed by atoms with Crippen molar-refractivity contribution in [1.29, 1.82) is 0 Å². The van der Waals surface area contributed by atoms with E-state index in [1.807, 2.05) is 0 Å². The molecule has 0 N–H and O–H groups in total. The van der Waals surface area contributed by atoms with Crippen LogP contribution in [0.25, 0.3) is 0 Å². The number of hydrogen-bond donors (Lipinski definition) is 0. The molecule has 0 aliphatic carbocycles. The van der Waals surface area contributed by atoms with Gasteiger partial charge in [-0.3, -0.25) is 0 Å². The fourth-order valence-corrected chi connectivity index (χ4v) is 0.224. The van der Waals surface area contributed by atoms with Gasteiger partial charge >= 0.3 is 6.01 Å². The van der Waals surface area contributed by atoms with Crippen LogP contribution in [0.3, 0.4) is 0 Å². The van der Waals surface area contributed by atoms with Gasteiger partial charge in [0.05, 0.1) is 0 Å². The first-order valence-electron chi connectivity index (χ1n) is 1.49. The quantitative estimate of drug-likeness (QED) is 0.437. The molecular weight excluding hydrogens is 87.0 g/mol. The molecule has 0 fully saturated rings. The Morgan fingerprint density at radius 2 is 2.67 bits per heavy atom. The van der Waals surface area contributed by atoms with E-state index in [2.05, 4.69) is 9.47 Å². The second-order valence-electron chi connectivity index (χ2n) is 0.851. The predicted molar refractivity (Wildman–Crippen MR) is 16.2 cm³/mol. The molecule has 0 amide bonds. The zero-order valence-corrected chi connectivity index (χ0v) is 2.98. The molecule has 2 nitrogen and oxygen atoms in total. The first-order chi connectivity index (χ1) is 2.89. The standard InChI is InChI=1S/C3H3FO2/c4-3-1-5-2-6-3/h1H,2H2. The molecule has 0 spiro atoms. The van der Waals surface area contributed by atoms with Crippen molar-refractivity contribution in [2.45, 2.75) is 0 Å². The lowest BCUT2D eigenvalue weighted by Gasteiger charge is -1.83. The maximum Gasteiger partial charge on any atom is 0.311 e. The van der Waals surface area contributed by atoms with Gasteiger partial charge < -0.3 is 9.47 Å². The predicted octanol–water partition coefficient (Wildman–Crippen LogP) is 0.759. The van der Waals surface area contributed by atoms with E-state index in [0.29, 0.717) is 0 Å². The van der Waals surface area contributed by atoms with Crippen molar-refractivity contribution in [3.8, 4) is 0 Å². The van der Waals surface area contributed by atoms with Crippen LogP contribution in [0.15, 0.2) is 12.3 Å². The molecule has 0 unspecified atom stereocenters. The first kappa shape index (κ1) is 3.46. The maximum atomic E-state index is 11.4. The minimum absolute atomic E-state index is 0.0197.